The average Bonchev–Trinajstić information content (AvgIpc) is 3.32. The van der Waals surface area contributed by atoms with Crippen LogP contribution in [0.5, 0.6) is 11.6 Å². The monoisotopic (exact) mass is 486 g/mol. The maximum atomic E-state index is 12.8. The van der Waals surface area contributed by atoms with Crippen LogP contribution < -0.4 is 14.9 Å². The van der Waals surface area contributed by atoms with Crippen LogP contribution in [0.15, 0.2) is 29.1 Å². The summed E-state index contributed by atoms with van der Waals surface area (Å²) in [7, 11) is 3.22. The number of aromatic nitrogens is 1. The lowest BCUT2D eigenvalue weighted by Crippen LogP contribution is -2.31. The third kappa shape index (κ3) is 5.46. The van der Waals surface area contributed by atoms with Crippen molar-refractivity contribution in [3.05, 3.63) is 45.6 Å². The van der Waals surface area contributed by atoms with E-state index in [0.717, 1.165) is 35.4 Å². The van der Waals surface area contributed by atoms with Crippen molar-refractivity contribution >= 4 is 6.09 Å². The van der Waals surface area contributed by atoms with Gasteiger partial charge in [-0.2, -0.15) is 0 Å². The molecule has 2 aliphatic heterocycles. The van der Waals surface area contributed by atoms with Crippen molar-refractivity contribution < 1.29 is 28.5 Å². The van der Waals surface area contributed by atoms with Crippen LogP contribution in [0.3, 0.4) is 0 Å². The van der Waals surface area contributed by atoms with E-state index in [1.54, 1.807) is 32.1 Å². The SMILES string of the molecule is CCOC(=O)N1CCC(Oc2ccc3c(c2)CCn2c(OC[C@H](COC)OC)cc(=O)c(C)c2-3)C1. The fraction of sp³-hybridized carbons (Fsp3) is 0.538. The van der Waals surface area contributed by atoms with Crippen molar-refractivity contribution in [3.8, 4) is 22.9 Å². The molecular formula is C26H34N2O7. The number of hydrogen-bond acceptors (Lipinski definition) is 7. The Morgan fingerprint density at radius 1 is 1.17 bits per heavy atom. The lowest BCUT2D eigenvalue weighted by molar-refractivity contribution is -0.000948. The molecule has 0 aliphatic carbocycles. The first-order chi connectivity index (χ1) is 16.9. The van der Waals surface area contributed by atoms with E-state index in [1.165, 1.54) is 0 Å². The van der Waals surface area contributed by atoms with Gasteiger partial charge in [-0.25, -0.2) is 4.79 Å². The van der Waals surface area contributed by atoms with E-state index in [9.17, 15) is 9.59 Å². The summed E-state index contributed by atoms with van der Waals surface area (Å²) in [6, 6.07) is 7.53. The molecule has 1 aromatic carbocycles. The van der Waals surface area contributed by atoms with Crippen molar-refractivity contribution in [2.45, 2.75) is 45.4 Å². The minimum atomic E-state index is -0.293. The largest absolute Gasteiger partial charge is 0.489 e. The number of likely N-dealkylation sites (tertiary alicyclic amines) is 1. The molecule has 2 aromatic rings. The molecule has 2 atom stereocenters. The van der Waals surface area contributed by atoms with Gasteiger partial charge in [-0.05, 0) is 44.0 Å². The molecule has 9 heteroatoms. The van der Waals surface area contributed by atoms with Gasteiger partial charge in [-0.3, -0.25) is 4.79 Å². The molecule has 0 spiro atoms. The number of benzene rings is 1. The Bertz CT molecular complexity index is 1110. The highest BCUT2D eigenvalue weighted by Gasteiger charge is 2.29. The number of pyridine rings is 1. The fourth-order valence-corrected chi connectivity index (χ4v) is 4.68. The number of rotatable bonds is 9. The van der Waals surface area contributed by atoms with E-state index < -0.39 is 0 Å². The zero-order valence-corrected chi connectivity index (χ0v) is 20.9. The van der Waals surface area contributed by atoms with E-state index in [0.29, 0.717) is 44.3 Å². The number of hydrogen-bond donors (Lipinski definition) is 0. The molecule has 2 aliphatic rings. The third-order valence-electron chi connectivity index (χ3n) is 6.53. The molecule has 3 heterocycles. The van der Waals surface area contributed by atoms with Crippen LogP contribution in [0.2, 0.25) is 0 Å². The molecule has 1 unspecified atom stereocenters. The highest BCUT2D eigenvalue weighted by atomic mass is 16.6. The van der Waals surface area contributed by atoms with Gasteiger partial charge in [0.1, 0.15) is 24.6 Å². The van der Waals surface area contributed by atoms with Crippen molar-refractivity contribution in [1.29, 1.82) is 0 Å². The normalized spacial score (nSPS) is 17.5. The molecular weight excluding hydrogens is 452 g/mol. The molecule has 0 N–H and O–H groups in total. The number of methoxy groups -OCH3 is 2. The Balaban J connectivity index is 1.53. The molecule has 0 bridgehead atoms. The second-order valence-electron chi connectivity index (χ2n) is 8.84. The number of ether oxygens (including phenoxy) is 5. The summed E-state index contributed by atoms with van der Waals surface area (Å²) in [5.41, 5.74) is 3.62. The first-order valence-electron chi connectivity index (χ1n) is 12.1. The topological polar surface area (TPSA) is 88.5 Å². The van der Waals surface area contributed by atoms with Crippen molar-refractivity contribution in [3.63, 3.8) is 0 Å². The number of nitrogens with zero attached hydrogens (tertiary/aromatic N) is 2. The Labute approximate surface area is 205 Å². The summed E-state index contributed by atoms with van der Waals surface area (Å²) < 4.78 is 29.9. The van der Waals surface area contributed by atoms with Crippen LogP contribution in [0, 0.1) is 6.92 Å². The number of aryl methyl sites for hydroxylation is 1. The molecule has 190 valence electrons. The van der Waals surface area contributed by atoms with Gasteiger partial charge in [0, 0.05) is 50.9 Å². The van der Waals surface area contributed by atoms with Crippen LogP contribution >= 0.6 is 0 Å². The van der Waals surface area contributed by atoms with Crippen LogP contribution in [-0.4, -0.2) is 74.9 Å². The maximum Gasteiger partial charge on any atom is 0.409 e. The number of fused-ring (bicyclic) bond motifs is 3. The van der Waals surface area contributed by atoms with Gasteiger partial charge in [-0.15, -0.1) is 0 Å². The van der Waals surface area contributed by atoms with Crippen molar-refractivity contribution in [2.75, 3.05) is 47.1 Å². The number of carbonyl (C=O) groups excluding carboxylic acids is 1. The quantitative estimate of drug-likeness (QED) is 0.538. The molecule has 1 saturated heterocycles. The fourth-order valence-electron chi connectivity index (χ4n) is 4.68. The molecule has 35 heavy (non-hydrogen) atoms. The average molecular weight is 487 g/mol. The Kier molecular flexibility index (Phi) is 7.97. The zero-order chi connectivity index (χ0) is 24.9. The predicted octanol–water partition coefficient (Wildman–Crippen LogP) is 3.03. The van der Waals surface area contributed by atoms with Gasteiger partial charge >= 0.3 is 6.09 Å². The van der Waals surface area contributed by atoms with Gasteiger partial charge in [0.05, 0.1) is 25.5 Å². The Morgan fingerprint density at radius 3 is 2.74 bits per heavy atom. The van der Waals surface area contributed by atoms with E-state index in [1.807, 2.05) is 25.1 Å². The smallest absolute Gasteiger partial charge is 0.409 e. The summed E-state index contributed by atoms with van der Waals surface area (Å²) in [5.74, 6) is 1.30. The molecule has 4 rings (SSSR count). The van der Waals surface area contributed by atoms with E-state index in [2.05, 4.69) is 4.57 Å². The van der Waals surface area contributed by atoms with E-state index in [4.69, 9.17) is 23.7 Å². The van der Waals surface area contributed by atoms with E-state index >= 15 is 0 Å². The summed E-state index contributed by atoms with van der Waals surface area (Å²) in [5, 5.41) is 0. The van der Waals surface area contributed by atoms with Crippen molar-refractivity contribution in [2.24, 2.45) is 0 Å². The maximum absolute atomic E-state index is 12.8. The first kappa shape index (κ1) is 25.1. The lowest BCUT2D eigenvalue weighted by atomic mass is 9.94. The lowest BCUT2D eigenvalue weighted by Gasteiger charge is -2.28. The minimum absolute atomic E-state index is 0.0647. The third-order valence-corrected chi connectivity index (χ3v) is 6.53. The standard InChI is InChI=1S/C26H34N2O7/c1-5-33-26(30)27-10-9-20(14-27)35-19-6-7-22-18(12-19)8-11-28-24(13-23(29)17(2)25(22)28)34-16-21(32-4)15-31-3/h6-7,12-13,20-21H,5,8-11,14-16H2,1-4H3/t20?,21-/m0/s1. The molecule has 0 radical (unpaired) electrons. The molecule has 1 amide bonds. The van der Waals surface area contributed by atoms with Gasteiger partial charge in [-0.1, -0.05) is 0 Å². The summed E-state index contributed by atoms with van der Waals surface area (Å²) in [6.07, 6.45) is 0.957. The summed E-state index contributed by atoms with van der Waals surface area (Å²) in [4.78, 5) is 26.4. The Morgan fingerprint density at radius 2 is 2.00 bits per heavy atom. The van der Waals surface area contributed by atoms with Crippen molar-refractivity contribution in [1.82, 2.24) is 9.47 Å². The highest BCUT2D eigenvalue weighted by Crippen LogP contribution is 2.36. The van der Waals surface area contributed by atoms with Crippen LogP contribution in [0.1, 0.15) is 24.5 Å². The second-order valence-corrected chi connectivity index (χ2v) is 8.84. The molecule has 1 fully saturated rings. The van der Waals surface area contributed by atoms with Gasteiger partial charge in [0.15, 0.2) is 11.3 Å². The molecule has 0 saturated carbocycles. The van der Waals surface area contributed by atoms with Gasteiger partial charge in [0.25, 0.3) is 0 Å². The van der Waals surface area contributed by atoms with Crippen LogP contribution in [0.25, 0.3) is 11.3 Å². The summed E-state index contributed by atoms with van der Waals surface area (Å²) in [6.45, 7) is 6.53. The van der Waals surface area contributed by atoms with Crippen LogP contribution in [0.4, 0.5) is 4.79 Å². The zero-order valence-electron chi connectivity index (χ0n) is 20.9. The van der Waals surface area contributed by atoms with Crippen LogP contribution in [-0.2, 0) is 27.2 Å². The molecule has 1 aromatic heterocycles. The predicted molar refractivity (Wildman–Crippen MR) is 130 cm³/mol. The number of carbonyl (C=O) groups is 1. The van der Waals surface area contributed by atoms with E-state index in [-0.39, 0.29) is 30.3 Å². The number of amides is 1. The van der Waals surface area contributed by atoms with Gasteiger partial charge < -0.3 is 33.2 Å². The summed E-state index contributed by atoms with van der Waals surface area (Å²) >= 11 is 0. The first-order valence-corrected chi connectivity index (χ1v) is 12.1. The molecule has 9 nitrogen and oxygen atoms in total. The van der Waals surface area contributed by atoms with Gasteiger partial charge in [0.2, 0.25) is 0 Å². The highest BCUT2D eigenvalue weighted by molar-refractivity contribution is 5.71. The Hall–Kier alpha value is -3.04. The second kappa shape index (κ2) is 11.1. The minimum Gasteiger partial charge on any atom is -0.489 e.